The largest absolute Gasteiger partial charge is 0.390 e. The smallest absolute Gasteiger partial charge is 0.187 e. The number of aliphatic hydroxyl groups excluding tert-OH is 1. The lowest BCUT2D eigenvalue weighted by Crippen LogP contribution is -2.30. The van der Waals surface area contributed by atoms with Gasteiger partial charge < -0.3 is 10.0 Å². The van der Waals surface area contributed by atoms with Crippen LogP contribution in [0.4, 0.5) is 5.82 Å². The maximum Gasteiger partial charge on any atom is 0.187 e. The van der Waals surface area contributed by atoms with E-state index in [0.29, 0.717) is 5.69 Å². The second kappa shape index (κ2) is 5.93. The average Bonchev–Trinajstić information content (AvgIpc) is 2.54. The maximum absolute atomic E-state index is 9.39. The molecule has 1 fully saturated rings. The van der Waals surface area contributed by atoms with E-state index < -0.39 is 0 Å². The summed E-state index contributed by atoms with van der Waals surface area (Å²) in [7, 11) is 0. The molecular formula is C14H18N4OS. The van der Waals surface area contributed by atoms with Gasteiger partial charge in [0.25, 0.3) is 0 Å². The Morgan fingerprint density at radius 1 is 1.25 bits per heavy atom. The van der Waals surface area contributed by atoms with Crippen molar-refractivity contribution in [2.75, 3.05) is 24.2 Å². The number of anilines is 1. The van der Waals surface area contributed by atoms with E-state index in [1.54, 1.807) is 0 Å². The molecule has 0 radical (unpaired) electrons. The summed E-state index contributed by atoms with van der Waals surface area (Å²) in [6, 6.07) is 1.87. The molecule has 2 aromatic heterocycles. The van der Waals surface area contributed by atoms with Gasteiger partial charge in [-0.25, -0.2) is 15.0 Å². The number of hydrogen-bond acceptors (Lipinski definition) is 6. The Bertz CT molecular complexity index is 613. The fourth-order valence-electron chi connectivity index (χ4n) is 2.57. The van der Waals surface area contributed by atoms with E-state index in [4.69, 9.17) is 0 Å². The average molecular weight is 290 g/mol. The van der Waals surface area contributed by atoms with Crippen LogP contribution in [-0.2, 0) is 6.61 Å². The van der Waals surface area contributed by atoms with E-state index in [-0.39, 0.29) is 6.61 Å². The van der Waals surface area contributed by atoms with E-state index in [1.807, 2.05) is 18.5 Å². The molecule has 2 aromatic rings. The number of piperidine rings is 1. The number of aromatic nitrogens is 3. The highest BCUT2D eigenvalue weighted by molar-refractivity contribution is 7.98. The van der Waals surface area contributed by atoms with Crippen LogP contribution in [0, 0.1) is 0 Å². The van der Waals surface area contributed by atoms with Gasteiger partial charge in [-0.1, -0.05) is 11.8 Å². The van der Waals surface area contributed by atoms with Crippen molar-refractivity contribution < 1.29 is 5.11 Å². The van der Waals surface area contributed by atoms with Crippen LogP contribution in [0.1, 0.15) is 25.0 Å². The van der Waals surface area contributed by atoms with Gasteiger partial charge >= 0.3 is 0 Å². The van der Waals surface area contributed by atoms with E-state index in [9.17, 15) is 5.11 Å². The van der Waals surface area contributed by atoms with E-state index in [2.05, 4.69) is 19.9 Å². The summed E-state index contributed by atoms with van der Waals surface area (Å²) >= 11 is 1.53. The molecule has 3 rings (SSSR count). The molecule has 106 valence electrons. The zero-order valence-electron chi connectivity index (χ0n) is 11.5. The summed E-state index contributed by atoms with van der Waals surface area (Å²) in [5.41, 5.74) is 1.57. The first kappa shape index (κ1) is 13.6. The molecule has 1 aliphatic rings. The predicted octanol–water partition coefficient (Wildman–Crippen LogP) is 2.23. The lowest BCUT2D eigenvalue weighted by atomic mass is 10.1. The van der Waals surface area contributed by atoms with Gasteiger partial charge in [0.05, 0.1) is 12.3 Å². The topological polar surface area (TPSA) is 62.1 Å². The minimum absolute atomic E-state index is 0.0545. The molecule has 5 nitrogen and oxygen atoms in total. The van der Waals surface area contributed by atoms with Gasteiger partial charge in [0.2, 0.25) is 0 Å². The minimum atomic E-state index is -0.0545. The lowest BCUT2D eigenvalue weighted by Gasteiger charge is -2.28. The summed E-state index contributed by atoms with van der Waals surface area (Å²) in [4.78, 5) is 15.8. The molecule has 0 aliphatic carbocycles. The first-order valence-corrected chi connectivity index (χ1v) is 8.11. The van der Waals surface area contributed by atoms with Crippen molar-refractivity contribution in [3.8, 4) is 0 Å². The lowest BCUT2D eigenvalue weighted by molar-refractivity contribution is 0.277. The summed E-state index contributed by atoms with van der Waals surface area (Å²) < 4.78 is 0. The molecule has 1 aliphatic heterocycles. The van der Waals surface area contributed by atoms with Gasteiger partial charge in [-0.05, 0) is 31.6 Å². The zero-order chi connectivity index (χ0) is 13.9. The van der Waals surface area contributed by atoms with Crippen molar-refractivity contribution in [1.82, 2.24) is 15.0 Å². The Hall–Kier alpha value is -1.40. The summed E-state index contributed by atoms with van der Waals surface area (Å²) in [6.07, 6.45) is 7.44. The van der Waals surface area contributed by atoms with Crippen molar-refractivity contribution in [3.63, 3.8) is 0 Å². The highest BCUT2D eigenvalue weighted by Crippen LogP contribution is 2.27. The first-order valence-electron chi connectivity index (χ1n) is 6.88. The molecule has 1 N–H and O–H groups in total. The molecular weight excluding hydrogens is 272 g/mol. The van der Waals surface area contributed by atoms with Gasteiger partial charge in [-0.15, -0.1) is 0 Å². The minimum Gasteiger partial charge on any atom is -0.390 e. The number of rotatable bonds is 3. The summed E-state index contributed by atoms with van der Waals surface area (Å²) in [5, 5.41) is 11.1. The van der Waals surface area contributed by atoms with Crippen molar-refractivity contribution in [2.45, 2.75) is 31.0 Å². The Morgan fingerprint density at radius 2 is 2.05 bits per heavy atom. The fourth-order valence-corrected chi connectivity index (χ4v) is 2.91. The summed E-state index contributed by atoms with van der Waals surface area (Å²) in [5.74, 6) is 0.893. The Labute approximate surface area is 122 Å². The third kappa shape index (κ3) is 2.58. The number of fused-ring (bicyclic) bond motifs is 1. The Kier molecular flexibility index (Phi) is 4.03. The summed E-state index contributed by atoms with van der Waals surface area (Å²) in [6.45, 7) is 1.96. The van der Waals surface area contributed by atoms with Crippen molar-refractivity contribution >= 4 is 28.5 Å². The Morgan fingerprint density at radius 3 is 2.75 bits per heavy atom. The van der Waals surface area contributed by atoms with Crippen LogP contribution in [0.2, 0.25) is 0 Å². The molecule has 0 amide bonds. The van der Waals surface area contributed by atoms with Crippen LogP contribution in [0.5, 0.6) is 0 Å². The first-order chi connectivity index (χ1) is 9.81. The van der Waals surface area contributed by atoms with E-state index in [1.165, 1.54) is 31.0 Å². The second-order valence-electron chi connectivity index (χ2n) is 4.94. The Balaban J connectivity index is 2.14. The molecule has 20 heavy (non-hydrogen) atoms. The predicted molar refractivity (Wildman–Crippen MR) is 81.1 cm³/mol. The van der Waals surface area contributed by atoms with Gasteiger partial charge in [0, 0.05) is 24.7 Å². The fraction of sp³-hybridized carbons (Fsp3) is 0.500. The highest BCUT2D eigenvalue weighted by Gasteiger charge is 2.17. The van der Waals surface area contributed by atoms with Gasteiger partial charge in [-0.3, -0.25) is 0 Å². The van der Waals surface area contributed by atoms with Crippen LogP contribution in [-0.4, -0.2) is 39.4 Å². The molecule has 0 atom stereocenters. The molecule has 6 heteroatoms. The number of thioether (sulfide) groups is 1. The maximum atomic E-state index is 9.39. The quantitative estimate of drug-likeness (QED) is 0.691. The second-order valence-corrected chi connectivity index (χ2v) is 5.71. The molecule has 0 saturated carbocycles. The number of hydrogen-bond donors (Lipinski definition) is 1. The van der Waals surface area contributed by atoms with E-state index in [0.717, 1.165) is 35.0 Å². The molecule has 1 saturated heterocycles. The number of pyridine rings is 1. The van der Waals surface area contributed by atoms with Crippen molar-refractivity contribution in [1.29, 1.82) is 0 Å². The monoisotopic (exact) mass is 290 g/mol. The van der Waals surface area contributed by atoms with Gasteiger partial charge in [0.15, 0.2) is 11.0 Å². The molecule has 0 aromatic carbocycles. The van der Waals surface area contributed by atoms with Crippen LogP contribution in [0.3, 0.4) is 0 Å². The van der Waals surface area contributed by atoms with E-state index >= 15 is 0 Å². The van der Waals surface area contributed by atoms with Crippen LogP contribution in [0.15, 0.2) is 17.4 Å². The molecule has 0 spiro atoms. The highest BCUT2D eigenvalue weighted by atomic mass is 32.2. The molecule has 0 bridgehead atoms. The van der Waals surface area contributed by atoms with Crippen LogP contribution >= 0.6 is 11.8 Å². The third-order valence-corrected chi connectivity index (χ3v) is 4.14. The number of nitrogens with zero attached hydrogens (tertiary/aromatic N) is 4. The number of aliphatic hydroxyl groups is 1. The van der Waals surface area contributed by atoms with Crippen molar-refractivity contribution in [3.05, 3.63) is 18.0 Å². The third-order valence-electron chi connectivity index (χ3n) is 3.58. The molecule has 0 unspecified atom stereocenters. The normalized spacial score (nSPS) is 15.8. The van der Waals surface area contributed by atoms with Crippen molar-refractivity contribution in [2.24, 2.45) is 0 Å². The van der Waals surface area contributed by atoms with Crippen LogP contribution in [0.25, 0.3) is 10.9 Å². The van der Waals surface area contributed by atoms with Gasteiger partial charge in [0.1, 0.15) is 5.52 Å². The standard InChI is InChI=1S/C14H18N4OS/c1-20-14-15-8-10-7-11(9-19)16-13(12(10)17-14)18-5-3-2-4-6-18/h7-8,19H,2-6,9H2,1H3. The zero-order valence-corrected chi connectivity index (χ0v) is 12.4. The van der Waals surface area contributed by atoms with Gasteiger partial charge in [-0.2, -0.15) is 0 Å². The SMILES string of the molecule is CSc1ncc2cc(CO)nc(N3CCCCC3)c2n1. The molecule has 3 heterocycles. The van der Waals surface area contributed by atoms with Crippen LogP contribution < -0.4 is 4.90 Å².